The summed E-state index contributed by atoms with van der Waals surface area (Å²) in [6.45, 7) is 15.8. The molecule has 9 atom stereocenters. The smallest absolute Gasteiger partial charge is 0.330 e. The summed E-state index contributed by atoms with van der Waals surface area (Å²) in [6, 6.07) is 0. The Morgan fingerprint density at radius 3 is 2.41 bits per heavy atom. The maximum atomic E-state index is 11.4. The van der Waals surface area contributed by atoms with Crippen molar-refractivity contribution in [3.63, 3.8) is 0 Å². The summed E-state index contributed by atoms with van der Waals surface area (Å²) >= 11 is 0. The van der Waals surface area contributed by atoms with E-state index in [4.69, 9.17) is 5.11 Å². The van der Waals surface area contributed by atoms with Crippen molar-refractivity contribution in [2.75, 3.05) is 0 Å². The van der Waals surface area contributed by atoms with Gasteiger partial charge < -0.3 is 15.3 Å². The normalized spacial score (nSPS) is 46.7. The largest absolute Gasteiger partial charge is 0.478 e. The summed E-state index contributed by atoms with van der Waals surface area (Å²) in [4.78, 5) is 11.1. The zero-order chi connectivity index (χ0) is 25.3. The quantitative estimate of drug-likeness (QED) is 0.321. The van der Waals surface area contributed by atoms with Gasteiger partial charge in [0, 0.05) is 17.4 Å². The van der Waals surface area contributed by atoms with Crippen molar-refractivity contribution in [1.29, 1.82) is 0 Å². The van der Waals surface area contributed by atoms with Gasteiger partial charge in [0.25, 0.3) is 0 Å². The summed E-state index contributed by atoms with van der Waals surface area (Å²) in [5.74, 6) is 1.04. The molecule has 4 rings (SSSR count). The molecule has 0 aromatic carbocycles. The third-order valence-corrected chi connectivity index (χ3v) is 12.1. The number of carboxylic acids is 1. The lowest BCUT2D eigenvalue weighted by atomic mass is 9.36. The summed E-state index contributed by atoms with van der Waals surface area (Å²) in [7, 11) is 0. The highest BCUT2D eigenvalue weighted by Crippen LogP contribution is 2.74. The van der Waals surface area contributed by atoms with Gasteiger partial charge >= 0.3 is 5.97 Å². The molecule has 4 heteroatoms. The number of allylic oxidation sites excluding steroid dienone is 3. The summed E-state index contributed by atoms with van der Waals surface area (Å²) in [5.41, 5.74) is 2.04. The van der Waals surface area contributed by atoms with Crippen LogP contribution in [-0.4, -0.2) is 33.5 Å². The number of hydrogen-bond acceptors (Lipinski definition) is 3. The Morgan fingerprint density at radius 2 is 1.76 bits per heavy atom. The van der Waals surface area contributed by atoms with Crippen LogP contribution >= 0.6 is 0 Å². The molecule has 0 unspecified atom stereocenters. The van der Waals surface area contributed by atoms with Crippen molar-refractivity contribution in [3.05, 3.63) is 23.3 Å². The van der Waals surface area contributed by atoms with Crippen LogP contribution in [0.3, 0.4) is 0 Å². The lowest BCUT2D eigenvalue weighted by molar-refractivity contribution is -0.237. The molecule has 4 nitrogen and oxygen atoms in total. The van der Waals surface area contributed by atoms with Gasteiger partial charge in [-0.1, -0.05) is 59.3 Å². The van der Waals surface area contributed by atoms with Gasteiger partial charge in [-0.2, -0.15) is 0 Å². The Morgan fingerprint density at radius 1 is 1.09 bits per heavy atom. The average Bonchev–Trinajstić information content (AvgIpc) is 3.11. The van der Waals surface area contributed by atoms with Crippen LogP contribution in [-0.2, 0) is 4.79 Å². The van der Waals surface area contributed by atoms with Gasteiger partial charge in [0.1, 0.15) is 0 Å². The highest BCUT2D eigenvalue weighted by atomic mass is 16.4. The molecular formula is C30H48O4. The van der Waals surface area contributed by atoms with E-state index in [1.807, 2.05) is 6.08 Å². The van der Waals surface area contributed by atoms with E-state index in [-0.39, 0.29) is 21.7 Å². The Labute approximate surface area is 206 Å². The number of aliphatic carboxylic acids is 1. The van der Waals surface area contributed by atoms with E-state index in [0.29, 0.717) is 35.7 Å². The van der Waals surface area contributed by atoms with Crippen LogP contribution in [0.2, 0.25) is 0 Å². The molecule has 3 N–H and O–H groups in total. The van der Waals surface area contributed by atoms with Crippen LogP contribution in [0.15, 0.2) is 23.3 Å². The second kappa shape index (κ2) is 8.47. The number of hydrogen-bond donors (Lipinski definition) is 3. The number of rotatable bonds is 5. The Hall–Kier alpha value is -1.13. The summed E-state index contributed by atoms with van der Waals surface area (Å²) in [5, 5.41) is 31.4. The minimum atomic E-state index is -0.820. The van der Waals surface area contributed by atoms with E-state index in [0.717, 1.165) is 32.1 Å². The van der Waals surface area contributed by atoms with Crippen LogP contribution in [0.5, 0.6) is 0 Å². The molecule has 3 saturated carbocycles. The fourth-order valence-corrected chi connectivity index (χ4v) is 9.50. The second-order valence-electron chi connectivity index (χ2n) is 13.6. The van der Waals surface area contributed by atoms with E-state index in [1.54, 1.807) is 12.5 Å². The third kappa shape index (κ3) is 3.49. The number of aliphatic hydroxyl groups is 2. The predicted molar refractivity (Wildman–Crippen MR) is 136 cm³/mol. The number of aliphatic hydroxyl groups excluding tert-OH is 2. The van der Waals surface area contributed by atoms with E-state index >= 15 is 0 Å². The van der Waals surface area contributed by atoms with Crippen LogP contribution < -0.4 is 0 Å². The number of carboxylic acid groups (broad SMARTS) is 1. The van der Waals surface area contributed by atoms with Crippen molar-refractivity contribution in [1.82, 2.24) is 0 Å². The molecule has 34 heavy (non-hydrogen) atoms. The fraction of sp³-hybridized carbons (Fsp3) is 0.833. The van der Waals surface area contributed by atoms with E-state index in [1.165, 1.54) is 12.8 Å². The van der Waals surface area contributed by atoms with Crippen LogP contribution in [0.4, 0.5) is 0 Å². The second-order valence-corrected chi connectivity index (χ2v) is 13.6. The first-order valence-corrected chi connectivity index (χ1v) is 13.7. The molecule has 4 aliphatic carbocycles. The zero-order valence-corrected chi connectivity index (χ0v) is 22.5. The van der Waals surface area contributed by atoms with Crippen molar-refractivity contribution < 1.29 is 20.1 Å². The Balaban J connectivity index is 1.62. The van der Waals surface area contributed by atoms with Crippen LogP contribution in [0.25, 0.3) is 0 Å². The molecule has 0 radical (unpaired) electrons. The molecule has 0 aromatic heterocycles. The topological polar surface area (TPSA) is 77.8 Å². The van der Waals surface area contributed by atoms with Crippen LogP contribution in [0, 0.1) is 45.3 Å². The molecular weight excluding hydrogens is 424 g/mol. The highest BCUT2D eigenvalue weighted by Gasteiger charge is 2.69. The summed E-state index contributed by atoms with van der Waals surface area (Å²) in [6.07, 6.45) is 11.5. The predicted octanol–water partition coefficient (Wildman–Crippen LogP) is 6.37. The van der Waals surface area contributed by atoms with Crippen molar-refractivity contribution in [3.8, 4) is 0 Å². The molecule has 3 fully saturated rings. The van der Waals surface area contributed by atoms with E-state index in [9.17, 15) is 15.0 Å². The molecule has 0 heterocycles. The van der Waals surface area contributed by atoms with E-state index < -0.39 is 18.2 Å². The Bertz CT molecular complexity index is 886. The molecule has 0 amide bonds. The Kier molecular flexibility index (Phi) is 6.47. The van der Waals surface area contributed by atoms with Crippen molar-refractivity contribution in [2.45, 2.75) is 112 Å². The first-order valence-electron chi connectivity index (χ1n) is 13.7. The first kappa shape index (κ1) is 25.9. The van der Waals surface area contributed by atoms with E-state index in [2.05, 4.69) is 47.6 Å². The molecule has 0 bridgehead atoms. The highest BCUT2D eigenvalue weighted by molar-refractivity contribution is 5.85. The average molecular weight is 473 g/mol. The molecule has 192 valence electrons. The molecule has 4 aliphatic rings. The van der Waals surface area contributed by atoms with Gasteiger partial charge in [0.15, 0.2) is 0 Å². The van der Waals surface area contributed by atoms with Crippen molar-refractivity contribution >= 4 is 5.97 Å². The fourth-order valence-electron chi connectivity index (χ4n) is 9.50. The van der Waals surface area contributed by atoms with Gasteiger partial charge in [-0.15, -0.1) is 0 Å². The third-order valence-electron chi connectivity index (χ3n) is 12.1. The van der Waals surface area contributed by atoms with Gasteiger partial charge in [0.2, 0.25) is 0 Å². The monoisotopic (exact) mass is 472 g/mol. The van der Waals surface area contributed by atoms with Gasteiger partial charge in [0.05, 0.1) is 12.2 Å². The molecule has 0 aliphatic heterocycles. The molecule has 0 spiro atoms. The summed E-state index contributed by atoms with van der Waals surface area (Å²) < 4.78 is 0. The standard InChI is InChI=1S/C30H48O4/c1-18(9-8-10-19(2)26(33)34)20-13-15-28(5)21(20)11-12-23-29(28,6)16-14-22-27(3,4)24(31)17-25(32)30(22,23)7/h10-11,18,20,22-25,31-32H,8-9,12-17H2,1-7H3,(H,33,34)/b19-10+/t18-,20-,22+,23-,24-,25+,28+,29-,30+/m0/s1. The minimum absolute atomic E-state index is 0.148. The first-order chi connectivity index (χ1) is 15.7. The zero-order valence-electron chi connectivity index (χ0n) is 22.5. The van der Waals surface area contributed by atoms with Gasteiger partial charge in [-0.3, -0.25) is 0 Å². The maximum absolute atomic E-state index is 11.4. The number of fused-ring (bicyclic) bond motifs is 5. The van der Waals surface area contributed by atoms with Gasteiger partial charge in [-0.25, -0.2) is 4.79 Å². The minimum Gasteiger partial charge on any atom is -0.478 e. The maximum Gasteiger partial charge on any atom is 0.330 e. The molecule has 0 aromatic rings. The molecule has 0 saturated heterocycles. The lowest BCUT2D eigenvalue weighted by Crippen LogP contribution is -2.66. The number of carbonyl (C=O) groups is 1. The van der Waals surface area contributed by atoms with Crippen molar-refractivity contribution in [2.24, 2.45) is 45.3 Å². The SMILES string of the molecule is C/C(=C\CC[C@H](C)[C@@H]1CC[C@]2(C)C1=CC[C@@H]1[C@]3(C)[C@H](O)C[C@H](O)C(C)(C)[C@H]3CC[C@@]12C)C(=O)O. The van der Waals surface area contributed by atoms with Gasteiger partial charge in [-0.05, 0) is 91.8 Å². The van der Waals surface area contributed by atoms with Crippen LogP contribution in [0.1, 0.15) is 99.8 Å². The lowest BCUT2D eigenvalue weighted by Gasteiger charge is -2.69.